The van der Waals surface area contributed by atoms with Gasteiger partial charge in [0.15, 0.2) is 0 Å². The first-order valence-corrected chi connectivity index (χ1v) is 9.63. The molecule has 1 aromatic heterocycles. The Hall–Kier alpha value is -0.210. The molecule has 0 bridgehead atoms. The lowest BCUT2D eigenvalue weighted by atomic mass is 10.3. The molecule has 0 radical (unpaired) electrons. The molecule has 0 unspecified atom stereocenters. The number of sulfonamides is 1. The van der Waals surface area contributed by atoms with Gasteiger partial charge in [0, 0.05) is 30.6 Å². The first kappa shape index (κ1) is 16.2. The van der Waals surface area contributed by atoms with Crippen molar-refractivity contribution < 1.29 is 8.42 Å². The van der Waals surface area contributed by atoms with Crippen molar-refractivity contribution in [2.24, 2.45) is 0 Å². The fraction of sp³-hybridized carbons (Fsp3) is 0.538. The minimum absolute atomic E-state index is 0.378. The highest BCUT2D eigenvalue weighted by molar-refractivity contribution is 9.11. The van der Waals surface area contributed by atoms with Crippen LogP contribution in [0.2, 0.25) is 0 Å². The van der Waals surface area contributed by atoms with E-state index in [0.717, 1.165) is 11.3 Å². The highest BCUT2D eigenvalue weighted by Crippen LogP contribution is 2.34. The molecule has 1 aromatic rings. The molecule has 0 saturated heterocycles. The molecule has 0 aromatic carbocycles. The Bertz CT molecular complexity index is 594. The van der Waals surface area contributed by atoms with E-state index in [1.165, 1.54) is 15.6 Å². The van der Waals surface area contributed by atoms with Crippen LogP contribution in [0.1, 0.15) is 25.1 Å². The van der Waals surface area contributed by atoms with Gasteiger partial charge in [-0.3, -0.25) is 0 Å². The third kappa shape index (κ3) is 3.71. The largest absolute Gasteiger partial charge is 0.310 e. The second-order valence-corrected chi connectivity index (χ2v) is 9.37. The van der Waals surface area contributed by atoms with Gasteiger partial charge in [0.2, 0.25) is 10.0 Å². The maximum atomic E-state index is 12.6. The highest BCUT2D eigenvalue weighted by atomic mass is 79.9. The number of halogens is 1. The zero-order chi connectivity index (χ0) is 14.8. The van der Waals surface area contributed by atoms with Crippen molar-refractivity contribution in [3.8, 4) is 0 Å². The Morgan fingerprint density at radius 3 is 2.80 bits per heavy atom. The molecule has 0 amide bonds. The average Bonchev–Trinajstić information content (AvgIpc) is 2.79. The smallest absolute Gasteiger partial charge is 0.245 e. The molecule has 0 fully saturated rings. The van der Waals surface area contributed by atoms with Gasteiger partial charge in [-0.1, -0.05) is 26.0 Å². The maximum Gasteiger partial charge on any atom is 0.245 e. The van der Waals surface area contributed by atoms with Gasteiger partial charge < -0.3 is 5.32 Å². The lowest BCUT2D eigenvalue weighted by Crippen LogP contribution is -2.33. The third-order valence-corrected chi connectivity index (χ3v) is 7.15. The molecule has 1 aliphatic heterocycles. The second-order valence-electron chi connectivity index (χ2n) is 5.01. The number of rotatable bonds is 5. The van der Waals surface area contributed by atoms with Gasteiger partial charge in [0.05, 0.1) is 3.79 Å². The quantitative estimate of drug-likeness (QED) is 0.801. The lowest BCUT2D eigenvalue weighted by molar-refractivity contribution is 0.437. The van der Waals surface area contributed by atoms with E-state index in [4.69, 9.17) is 0 Å². The molecular weight excluding hydrogens is 360 g/mol. The van der Waals surface area contributed by atoms with Gasteiger partial charge >= 0.3 is 0 Å². The molecule has 1 aliphatic rings. The van der Waals surface area contributed by atoms with Crippen LogP contribution in [0.5, 0.6) is 0 Å². The predicted octanol–water partition coefficient (Wildman–Crippen LogP) is 2.96. The van der Waals surface area contributed by atoms with Crippen molar-refractivity contribution in [1.29, 1.82) is 0 Å². The molecule has 2 rings (SSSR count). The van der Waals surface area contributed by atoms with E-state index in [1.807, 2.05) is 12.2 Å². The molecule has 0 atom stereocenters. The predicted molar refractivity (Wildman–Crippen MR) is 86.5 cm³/mol. The number of nitrogens with zero attached hydrogens (tertiary/aromatic N) is 1. The van der Waals surface area contributed by atoms with Gasteiger partial charge in [-0.05, 0) is 28.4 Å². The van der Waals surface area contributed by atoms with Crippen LogP contribution in [0, 0.1) is 0 Å². The minimum Gasteiger partial charge on any atom is -0.310 e. The number of thiophene rings is 1. The molecular formula is C13H19BrN2O2S2. The van der Waals surface area contributed by atoms with E-state index in [1.54, 1.807) is 6.07 Å². The molecule has 20 heavy (non-hydrogen) atoms. The normalized spacial score (nSPS) is 17.0. The third-order valence-electron chi connectivity index (χ3n) is 3.03. The first-order chi connectivity index (χ1) is 9.41. The molecule has 0 aliphatic carbocycles. The monoisotopic (exact) mass is 378 g/mol. The fourth-order valence-corrected chi connectivity index (χ4v) is 5.93. The van der Waals surface area contributed by atoms with E-state index in [9.17, 15) is 8.42 Å². The topological polar surface area (TPSA) is 49.4 Å². The van der Waals surface area contributed by atoms with Crippen molar-refractivity contribution >= 4 is 37.3 Å². The summed E-state index contributed by atoms with van der Waals surface area (Å²) in [4.78, 5) is 1.41. The molecule has 2 heterocycles. The van der Waals surface area contributed by atoms with Crippen LogP contribution < -0.4 is 5.32 Å². The fourth-order valence-electron chi connectivity index (χ4n) is 1.94. The van der Waals surface area contributed by atoms with Crippen LogP contribution in [-0.2, 0) is 16.6 Å². The summed E-state index contributed by atoms with van der Waals surface area (Å²) in [5.41, 5.74) is 0. The Labute approximate surface area is 133 Å². The van der Waals surface area contributed by atoms with Crippen molar-refractivity contribution in [2.75, 3.05) is 13.1 Å². The molecule has 4 nitrogen and oxygen atoms in total. The van der Waals surface area contributed by atoms with Crippen LogP contribution in [0.25, 0.3) is 0 Å². The SMILES string of the molecule is CC(C)NCc1cc(S(=O)(=O)N2CC=CCC2)c(Br)s1. The highest BCUT2D eigenvalue weighted by Gasteiger charge is 2.28. The Morgan fingerprint density at radius 2 is 2.20 bits per heavy atom. The van der Waals surface area contributed by atoms with Crippen LogP contribution in [0.4, 0.5) is 0 Å². The van der Waals surface area contributed by atoms with E-state index in [2.05, 4.69) is 35.1 Å². The van der Waals surface area contributed by atoms with Crippen molar-refractivity contribution in [1.82, 2.24) is 9.62 Å². The molecule has 112 valence electrons. The number of nitrogens with one attached hydrogen (secondary N) is 1. The van der Waals surface area contributed by atoms with Crippen LogP contribution in [0.15, 0.2) is 26.9 Å². The number of hydrogen-bond acceptors (Lipinski definition) is 4. The molecule has 0 spiro atoms. The summed E-state index contributed by atoms with van der Waals surface area (Å²) in [5.74, 6) is 0. The van der Waals surface area contributed by atoms with Crippen molar-refractivity contribution in [2.45, 2.75) is 37.8 Å². The van der Waals surface area contributed by atoms with Crippen LogP contribution in [0.3, 0.4) is 0 Å². The Balaban J connectivity index is 2.21. The van der Waals surface area contributed by atoms with Crippen LogP contribution in [-0.4, -0.2) is 31.9 Å². The lowest BCUT2D eigenvalue weighted by Gasteiger charge is -2.22. The summed E-state index contributed by atoms with van der Waals surface area (Å²) >= 11 is 4.87. The average molecular weight is 379 g/mol. The summed E-state index contributed by atoms with van der Waals surface area (Å²) in [6.07, 6.45) is 4.71. The maximum absolute atomic E-state index is 12.6. The molecule has 7 heteroatoms. The summed E-state index contributed by atoms with van der Waals surface area (Å²) < 4.78 is 27.4. The van der Waals surface area contributed by atoms with E-state index in [0.29, 0.717) is 34.4 Å². The second kappa shape index (κ2) is 6.70. The minimum atomic E-state index is -3.39. The standard InChI is InChI=1S/C13H19BrN2O2S2/c1-10(2)15-9-11-8-12(13(14)19-11)20(17,18)16-6-4-3-5-7-16/h3-4,8,10,15H,5-7,9H2,1-2H3. The zero-order valence-electron chi connectivity index (χ0n) is 11.6. The van der Waals surface area contributed by atoms with E-state index < -0.39 is 10.0 Å². The van der Waals surface area contributed by atoms with Crippen molar-refractivity contribution in [3.63, 3.8) is 0 Å². The Morgan fingerprint density at radius 1 is 1.45 bits per heavy atom. The van der Waals surface area contributed by atoms with Gasteiger partial charge in [-0.2, -0.15) is 4.31 Å². The van der Waals surface area contributed by atoms with Gasteiger partial charge in [0.25, 0.3) is 0 Å². The van der Waals surface area contributed by atoms with Crippen molar-refractivity contribution in [3.05, 3.63) is 26.9 Å². The summed E-state index contributed by atoms with van der Waals surface area (Å²) in [5, 5.41) is 3.30. The molecule has 1 N–H and O–H groups in total. The Kier molecular flexibility index (Phi) is 5.42. The van der Waals surface area contributed by atoms with E-state index in [-0.39, 0.29) is 0 Å². The summed E-state index contributed by atoms with van der Waals surface area (Å²) in [6.45, 7) is 5.85. The van der Waals surface area contributed by atoms with E-state index >= 15 is 0 Å². The summed E-state index contributed by atoms with van der Waals surface area (Å²) in [7, 11) is -3.39. The number of hydrogen-bond donors (Lipinski definition) is 1. The molecule has 0 saturated carbocycles. The zero-order valence-corrected chi connectivity index (χ0v) is 14.8. The van der Waals surface area contributed by atoms with Gasteiger partial charge in [-0.15, -0.1) is 11.3 Å². The van der Waals surface area contributed by atoms with Crippen LogP contribution >= 0.6 is 27.3 Å². The van der Waals surface area contributed by atoms with Gasteiger partial charge in [0.1, 0.15) is 4.90 Å². The first-order valence-electron chi connectivity index (χ1n) is 6.58. The van der Waals surface area contributed by atoms with Gasteiger partial charge in [-0.25, -0.2) is 8.42 Å². The summed E-state index contributed by atoms with van der Waals surface area (Å²) in [6, 6.07) is 2.15.